The second-order valence-electron chi connectivity index (χ2n) is 19.1. The van der Waals surface area contributed by atoms with E-state index >= 15 is 0 Å². The smallest absolute Gasteiger partial charge is 0.256 e. The van der Waals surface area contributed by atoms with Crippen LogP contribution in [-0.4, -0.2) is 77.4 Å². The summed E-state index contributed by atoms with van der Waals surface area (Å²) in [4.78, 5) is 16.9. The number of benzene rings is 2. The first-order valence-corrected chi connectivity index (χ1v) is 22.9. The van der Waals surface area contributed by atoms with E-state index in [1.54, 1.807) is 6.08 Å². The number of halogens is 3. The Kier molecular flexibility index (Phi) is 14.7. The van der Waals surface area contributed by atoms with Crippen molar-refractivity contribution in [3.8, 4) is 11.3 Å². The molecular weight excluding hydrogens is 820 g/mol. The van der Waals surface area contributed by atoms with Gasteiger partial charge in [-0.3, -0.25) is 4.90 Å². The topological polar surface area (TPSA) is 59.6 Å². The van der Waals surface area contributed by atoms with Crippen LogP contribution < -0.4 is 15.5 Å². The fourth-order valence-electron chi connectivity index (χ4n) is 8.66. The molecule has 0 atom stereocenters. The summed E-state index contributed by atoms with van der Waals surface area (Å²) in [5, 5.41) is 7.17. The average Bonchev–Trinajstić information content (AvgIpc) is 4.02. The summed E-state index contributed by atoms with van der Waals surface area (Å²) in [5.41, 5.74) is 10.7. The van der Waals surface area contributed by atoms with Gasteiger partial charge in [0.2, 0.25) is 0 Å². The second kappa shape index (κ2) is 19.5. The Morgan fingerprint density at radius 2 is 1.64 bits per heavy atom. The van der Waals surface area contributed by atoms with Gasteiger partial charge in [0.15, 0.2) is 0 Å². The molecule has 64 heavy (non-hydrogen) atoms. The number of alkyl halides is 3. The van der Waals surface area contributed by atoms with Crippen LogP contribution in [0.5, 0.6) is 0 Å². The molecule has 0 bridgehead atoms. The summed E-state index contributed by atoms with van der Waals surface area (Å²) in [5.74, 6) is -0.431. The van der Waals surface area contributed by atoms with Crippen molar-refractivity contribution in [2.75, 3.05) is 56.4 Å². The number of pyridine rings is 2. The van der Waals surface area contributed by atoms with Gasteiger partial charge < -0.3 is 20.4 Å². The molecular formula is C54H68ClF2N7. The second-order valence-corrected chi connectivity index (χ2v) is 19.4. The Bertz CT molecular complexity index is 2400. The van der Waals surface area contributed by atoms with E-state index in [2.05, 4.69) is 149 Å². The average molecular weight is 889 g/mol. The maximum atomic E-state index is 14.2. The SMILES string of the molecule is C=C(NCC(C)(C)C(C)(C)N(C)C(=C)CCc1cccc(N2CCN(C)CC2=C)n1)c1cccc(-c2nc(NC(=C)C3(c4ccc5c(c4)CC(F)(F)C5)CC3)ccc2C)c1.C=CCCl. The summed E-state index contributed by atoms with van der Waals surface area (Å²) >= 11 is 5.07. The van der Waals surface area contributed by atoms with Crippen molar-refractivity contribution < 1.29 is 8.78 Å². The minimum absolute atomic E-state index is 0.171. The number of aryl methyl sites for hydroxylation is 2. The van der Waals surface area contributed by atoms with Gasteiger partial charge in [0, 0.05) is 102 Å². The Morgan fingerprint density at radius 3 is 2.33 bits per heavy atom. The van der Waals surface area contributed by atoms with Crippen molar-refractivity contribution in [1.82, 2.24) is 25.1 Å². The number of hydrogen-bond donors (Lipinski definition) is 2. The van der Waals surface area contributed by atoms with Gasteiger partial charge in [0.25, 0.3) is 5.92 Å². The van der Waals surface area contributed by atoms with Gasteiger partial charge in [0.05, 0.1) is 5.69 Å². The largest absolute Gasteiger partial charge is 0.384 e. The summed E-state index contributed by atoms with van der Waals surface area (Å²) in [6.07, 6.45) is 4.73. The first kappa shape index (κ1) is 48.2. The van der Waals surface area contributed by atoms with E-state index in [0.717, 1.165) is 119 Å². The predicted octanol–water partition coefficient (Wildman–Crippen LogP) is 12.0. The Labute approximate surface area is 386 Å². The first-order chi connectivity index (χ1) is 30.2. The van der Waals surface area contributed by atoms with E-state index in [-0.39, 0.29) is 29.2 Å². The number of hydrogen-bond acceptors (Lipinski definition) is 7. The highest BCUT2D eigenvalue weighted by Crippen LogP contribution is 2.54. The fourth-order valence-corrected chi connectivity index (χ4v) is 8.66. The monoisotopic (exact) mass is 888 g/mol. The molecule has 0 amide bonds. The van der Waals surface area contributed by atoms with E-state index in [1.807, 2.05) is 30.3 Å². The molecule has 10 heteroatoms. The molecule has 2 aromatic heterocycles. The number of nitrogens with one attached hydrogen (secondary N) is 2. The lowest BCUT2D eigenvalue weighted by Crippen LogP contribution is -2.55. The molecule has 1 saturated heterocycles. The minimum atomic E-state index is -2.66. The third-order valence-electron chi connectivity index (χ3n) is 13.9. The number of anilines is 2. The van der Waals surface area contributed by atoms with Crippen LogP contribution in [0.1, 0.15) is 80.5 Å². The first-order valence-electron chi connectivity index (χ1n) is 22.4. The lowest BCUT2D eigenvalue weighted by molar-refractivity contribution is 0.0130. The van der Waals surface area contributed by atoms with Gasteiger partial charge in [-0.2, -0.15) is 0 Å². The third-order valence-corrected chi connectivity index (χ3v) is 14.2. The van der Waals surface area contributed by atoms with Crippen molar-refractivity contribution in [3.63, 3.8) is 0 Å². The zero-order valence-electron chi connectivity index (χ0n) is 39.2. The molecule has 7 nitrogen and oxygen atoms in total. The maximum Gasteiger partial charge on any atom is 0.256 e. The highest BCUT2D eigenvalue weighted by atomic mass is 35.5. The van der Waals surface area contributed by atoms with Crippen molar-refractivity contribution in [2.24, 2.45) is 5.41 Å². The molecule has 4 aromatic rings. The fraction of sp³-hybridized carbons (Fsp3) is 0.407. The molecule has 1 aliphatic heterocycles. The van der Waals surface area contributed by atoms with Gasteiger partial charge in [-0.15, -0.1) is 18.2 Å². The Morgan fingerprint density at radius 1 is 0.938 bits per heavy atom. The van der Waals surface area contributed by atoms with Crippen LogP contribution in [0.3, 0.4) is 0 Å². The van der Waals surface area contributed by atoms with E-state index in [9.17, 15) is 8.78 Å². The standard InChI is InChI=1S/C51H63F2N7.C3H5Cl/c1-34-18-23-45(55-38(5)50(24-25-50)43-21-20-41-30-51(52,53)31-42(41)29-43)57-47(34)40-15-12-14-39(28-40)37(4)54-33-48(6,7)49(8,9)59(11)35(2)19-22-44-16-13-17-46(56-44)60-27-26-58(10)32-36(60)3;1-2-3-4/h12-18,20-21,23,28-29,54H,2-5,19,22,24-27,30-33H2,1,6-11H3,(H,55,57);2H,1,3H2. The number of nitrogens with zero attached hydrogens (tertiary/aromatic N) is 5. The zero-order chi connectivity index (χ0) is 46.6. The number of allylic oxidation sites excluding steroid dienone is 3. The predicted molar refractivity (Wildman–Crippen MR) is 266 cm³/mol. The molecule has 340 valence electrons. The molecule has 0 radical (unpaired) electrons. The van der Waals surface area contributed by atoms with Crippen molar-refractivity contribution in [3.05, 3.63) is 162 Å². The molecule has 2 aromatic carbocycles. The molecule has 0 spiro atoms. The molecule has 1 saturated carbocycles. The number of piperazine rings is 1. The summed E-state index contributed by atoms with van der Waals surface area (Å²) in [7, 11) is 4.27. The van der Waals surface area contributed by atoms with Crippen LogP contribution >= 0.6 is 11.6 Å². The van der Waals surface area contributed by atoms with Gasteiger partial charge in [-0.05, 0) is 106 Å². The van der Waals surface area contributed by atoms with E-state index in [0.29, 0.717) is 18.2 Å². The van der Waals surface area contributed by atoms with Gasteiger partial charge >= 0.3 is 0 Å². The lowest BCUT2D eigenvalue weighted by Gasteiger charge is -2.50. The van der Waals surface area contributed by atoms with E-state index < -0.39 is 5.92 Å². The van der Waals surface area contributed by atoms with Crippen LogP contribution in [0.25, 0.3) is 17.0 Å². The number of aromatic nitrogens is 2. The van der Waals surface area contributed by atoms with Crippen molar-refractivity contribution >= 4 is 28.9 Å². The highest BCUT2D eigenvalue weighted by molar-refractivity contribution is 6.18. The Hall–Kier alpha value is -5.25. The molecule has 7 rings (SSSR count). The minimum Gasteiger partial charge on any atom is -0.384 e. The third kappa shape index (κ3) is 10.8. The van der Waals surface area contributed by atoms with E-state index in [1.165, 1.54) is 0 Å². The molecule has 3 heterocycles. The normalized spacial score (nSPS) is 16.5. The molecule has 0 unspecified atom stereocenters. The quantitative estimate of drug-likeness (QED) is 0.0809. The number of likely N-dealkylation sites (N-methyl/N-ethyl adjacent to an activating group) is 1. The molecule has 2 aliphatic carbocycles. The van der Waals surface area contributed by atoms with Crippen LogP contribution in [0, 0.1) is 12.3 Å². The van der Waals surface area contributed by atoms with Crippen molar-refractivity contribution in [1.29, 1.82) is 0 Å². The van der Waals surface area contributed by atoms with Crippen LogP contribution in [-0.2, 0) is 24.7 Å². The van der Waals surface area contributed by atoms with E-state index in [4.69, 9.17) is 21.6 Å². The molecule has 2 N–H and O–H groups in total. The highest BCUT2D eigenvalue weighted by Gasteiger charge is 2.48. The number of fused-ring (bicyclic) bond motifs is 1. The zero-order valence-corrected chi connectivity index (χ0v) is 39.9. The number of rotatable bonds is 17. The molecule has 3 aliphatic rings. The van der Waals surface area contributed by atoms with Crippen LogP contribution in [0.2, 0.25) is 0 Å². The van der Waals surface area contributed by atoms with Gasteiger partial charge in [-0.1, -0.05) is 94.8 Å². The summed E-state index contributed by atoms with van der Waals surface area (Å²) < 4.78 is 28.3. The Balaban J connectivity index is 0.00000163. The van der Waals surface area contributed by atoms with Crippen LogP contribution in [0.4, 0.5) is 20.4 Å². The maximum absolute atomic E-state index is 14.2. The van der Waals surface area contributed by atoms with Crippen LogP contribution in [0.15, 0.2) is 129 Å². The summed E-state index contributed by atoms with van der Waals surface area (Å²) in [6.45, 7) is 35.7. The van der Waals surface area contributed by atoms with Gasteiger partial charge in [0.1, 0.15) is 11.6 Å². The van der Waals surface area contributed by atoms with Gasteiger partial charge in [-0.25, -0.2) is 18.7 Å². The van der Waals surface area contributed by atoms with Crippen molar-refractivity contribution in [2.45, 2.75) is 90.0 Å². The lowest BCUT2D eigenvalue weighted by atomic mass is 9.73. The summed E-state index contributed by atoms with van der Waals surface area (Å²) in [6, 6.07) is 24.5. The molecule has 2 fully saturated rings.